The molecule has 0 spiro atoms. The molecule has 12 heteroatoms. The van der Waals surface area contributed by atoms with Gasteiger partial charge < -0.3 is 4.90 Å². The average Bonchev–Trinajstić information content (AvgIpc) is 3.23. The number of nitro benzene ring substituents is 1. The molecule has 1 aliphatic heterocycles. The third kappa shape index (κ3) is 4.45. The van der Waals surface area contributed by atoms with Gasteiger partial charge in [0.1, 0.15) is 16.7 Å². The second-order valence-electron chi connectivity index (χ2n) is 7.28. The van der Waals surface area contributed by atoms with Crippen LogP contribution in [0.15, 0.2) is 46.7 Å². The van der Waals surface area contributed by atoms with Crippen LogP contribution in [0.25, 0.3) is 11.3 Å². The Morgan fingerprint density at radius 3 is 2.41 bits per heavy atom. The van der Waals surface area contributed by atoms with Gasteiger partial charge in [-0.05, 0) is 37.1 Å². The minimum absolute atomic E-state index is 0.124. The summed E-state index contributed by atoms with van der Waals surface area (Å²) < 4.78 is 53.0. The van der Waals surface area contributed by atoms with Gasteiger partial charge in [-0.2, -0.15) is 0 Å². The molecule has 0 unspecified atom stereocenters. The highest BCUT2D eigenvalue weighted by Gasteiger charge is 2.33. The Balaban J connectivity index is 1.48. The van der Waals surface area contributed by atoms with Crippen LogP contribution in [0.5, 0.6) is 0 Å². The number of thiazole rings is 1. The fraction of sp³-hybridized carbons (Fsp3) is 0.250. The summed E-state index contributed by atoms with van der Waals surface area (Å²) in [5.41, 5.74) is 0.313. The van der Waals surface area contributed by atoms with Crippen molar-refractivity contribution >= 4 is 43.6 Å². The molecular formula is C20H16ClF2N3O4S2. The van der Waals surface area contributed by atoms with Crippen molar-refractivity contribution in [2.24, 2.45) is 0 Å². The third-order valence-corrected chi connectivity index (χ3v) is 8.73. The van der Waals surface area contributed by atoms with Crippen LogP contribution < -0.4 is 4.90 Å². The highest BCUT2D eigenvalue weighted by atomic mass is 35.5. The Hall–Kier alpha value is -2.63. The molecule has 1 fully saturated rings. The maximum Gasteiger partial charge on any atom is 0.289 e. The smallest absolute Gasteiger partial charge is 0.289 e. The second-order valence-corrected chi connectivity index (χ2v) is 10.7. The zero-order valence-corrected chi connectivity index (χ0v) is 18.8. The number of rotatable bonds is 5. The average molecular weight is 500 g/mol. The molecule has 168 valence electrons. The first kappa shape index (κ1) is 22.6. The van der Waals surface area contributed by atoms with Gasteiger partial charge in [0.05, 0.1) is 20.8 Å². The summed E-state index contributed by atoms with van der Waals surface area (Å²) in [6.07, 6.45) is 0.616. The summed E-state index contributed by atoms with van der Waals surface area (Å²) in [7, 11) is -3.78. The summed E-state index contributed by atoms with van der Waals surface area (Å²) in [5, 5.41) is 12.6. The van der Waals surface area contributed by atoms with Gasteiger partial charge in [0.25, 0.3) is 5.69 Å². The van der Waals surface area contributed by atoms with Crippen LogP contribution in [-0.4, -0.2) is 36.7 Å². The van der Waals surface area contributed by atoms with Crippen LogP contribution in [0.1, 0.15) is 12.8 Å². The van der Waals surface area contributed by atoms with Crippen LogP contribution in [0.4, 0.5) is 19.6 Å². The molecule has 0 aliphatic carbocycles. The van der Waals surface area contributed by atoms with E-state index in [0.717, 1.165) is 12.1 Å². The monoisotopic (exact) mass is 499 g/mol. The van der Waals surface area contributed by atoms with Crippen LogP contribution in [-0.2, 0) is 9.84 Å². The van der Waals surface area contributed by atoms with Crippen molar-refractivity contribution in [1.29, 1.82) is 0 Å². The Morgan fingerprint density at radius 1 is 1.12 bits per heavy atom. The highest BCUT2D eigenvalue weighted by molar-refractivity contribution is 7.92. The summed E-state index contributed by atoms with van der Waals surface area (Å²) in [6.45, 7) is 0.814. The maximum absolute atomic E-state index is 13.5. The number of halogens is 3. The minimum Gasteiger partial charge on any atom is -0.348 e. The van der Waals surface area contributed by atoms with E-state index >= 15 is 0 Å². The van der Waals surface area contributed by atoms with Crippen molar-refractivity contribution < 1.29 is 22.1 Å². The Morgan fingerprint density at radius 2 is 1.78 bits per heavy atom. The van der Waals surface area contributed by atoms with E-state index in [9.17, 15) is 27.3 Å². The summed E-state index contributed by atoms with van der Waals surface area (Å²) >= 11 is 7.09. The molecule has 0 saturated carbocycles. The normalized spacial score (nSPS) is 15.2. The number of hydrogen-bond donors (Lipinski definition) is 0. The molecule has 1 aromatic heterocycles. The summed E-state index contributed by atoms with van der Waals surface area (Å²) in [6, 6.07) is 6.68. The predicted molar refractivity (Wildman–Crippen MR) is 118 cm³/mol. The minimum atomic E-state index is -3.78. The van der Waals surface area contributed by atoms with E-state index in [2.05, 4.69) is 4.98 Å². The number of nitro groups is 1. The van der Waals surface area contributed by atoms with Crippen LogP contribution >= 0.6 is 22.9 Å². The van der Waals surface area contributed by atoms with Gasteiger partial charge in [-0.15, -0.1) is 11.3 Å². The molecule has 1 saturated heterocycles. The number of hydrogen-bond acceptors (Lipinski definition) is 7. The lowest BCUT2D eigenvalue weighted by Crippen LogP contribution is -2.39. The molecule has 4 rings (SSSR count). The fourth-order valence-corrected chi connectivity index (χ4v) is 6.43. The second kappa shape index (κ2) is 8.72. The standard InChI is InChI=1S/C20H16ClF2N3O4S2/c21-17-2-1-16(10-19(17)26(27)28)32(29,30)15-3-5-25(6-4-15)20-24-18(11-31-20)12-7-13(22)9-14(23)8-12/h1-2,7-11,15H,3-6H2. The van der Waals surface area contributed by atoms with E-state index < -0.39 is 37.3 Å². The van der Waals surface area contributed by atoms with Crippen molar-refractivity contribution in [1.82, 2.24) is 4.98 Å². The van der Waals surface area contributed by atoms with E-state index in [4.69, 9.17) is 11.6 Å². The largest absolute Gasteiger partial charge is 0.348 e. The quantitative estimate of drug-likeness (QED) is 0.358. The van der Waals surface area contributed by atoms with Crippen molar-refractivity contribution in [2.45, 2.75) is 23.0 Å². The van der Waals surface area contributed by atoms with Gasteiger partial charge in [0.2, 0.25) is 0 Å². The molecule has 0 N–H and O–H groups in total. The van der Waals surface area contributed by atoms with Gasteiger partial charge in [-0.25, -0.2) is 22.2 Å². The molecule has 3 aromatic rings. The van der Waals surface area contributed by atoms with Crippen molar-refractivity contribution in [3.05, 3.63) is 68.5 Å². The van der Waals surface area contributed by atoms with Crippen LogP contribution in [0, 0.1) is 21.7 Å². The number of benzene rings is 2. The van der Waals surface area contributed by atoms with E-state index in [1.165, 1.54) is 35.6 Å². The number of piperidine rings is 1. The lowest BCUT2D eigenvalue weighted by Gasteiger charge is -2.31. The SMILES string of the molecule is O=[N+]([O-])c1cc(S(=O)(=O)C2CCN(c3nc(-c4cc(F)cc(F)c4)cs3)CC2)ccc1Cl. The summed E-state index contributed by atoms with van der Waals surface area (Å²) in [5.74, 6) is -1.38. The van der Waals surface area contributed by atoms with E-state index in [0.29, 0.717) is 42.3 Å². The number of nitrogens with zero attached hydrogens (tertiary/aromatic N) is 3. The molecule has 2 aromatic carbocycles. The Labute approximate surface area is 191 Å². The zero-order valence-electron chi connectivity index (χ0n) is 16.4. The number of anilines is 1. The fourth-order valence-electron chi connectivity index (χ4n) is 3.60. The molecule has 2 heterocycles. The molecule has 0 bridgehead atoms. The number of aromatic nitrogens is 1. The van der Waals surface area contributed by atoms with E-state index in [1.54, 1.807) is 5.38 Å². The van der Waals surface area contributed by atoms with Gasteiger partial charge in [-0.3, -0.25) is 10.1 Å². The molecule has 0 radical (unpaired) electrons. The van der Waals surface area contributed by atoms with Crippen LogP contribution in [0.2, 0.25) is 5.02 Å². The highest BCUT2D eigenvalue weighted by Crippen LogP contribution is 2.34. The Bertz CT molecular complexity index is 1270. The van der Waals surface area contributed by atoms with Gasteiger partial charge in [-0.1, -0.05) is 11.6 Å². The molecule has 7 nitrogen and oxygen atoms in total. The third-order valence-electron chi connectivity index (χ3n) is 5.24. The van der Waals surface area contributed by atoms with Gasteiger partial charge in [0.15, 0.2) is 15.0 Å². The lowest BCUT2D eigenvalue weighted by molar-refractivity contribution is -0.384. The maximum atomic E-state index is 13.5. The van der Waals surface area contributed by atoms with Crippen molar-refractivity contribution in [3.63, 3.8) is 0 Å². The lowest BCUT2D eigenvalue weighted by atomic mass is 10.1. The zero-order chi connectivity index (χ0) is 23.0. The first-order valence-corrected chi connectivity index (χ1v) is 12.3. The molecule has 32 heavy (non-hydrogen) atoms. The van der Waals surface area contributed by atoms with Crippen molar-refractivity contribution in [3.8, 4) is 11.3 Å². The predicted octanol–water partition coefficient (Wildman–Crippen LogP) is 5.09. The van der Waals surface area contributed by atoms with Gasteiger partial charge >= 0.3 is 0 Å². The van der Waals surface area contributed by atoms with Crippen LogP contribution in [0.3, 0.4) is 0 Å². The molecule has 0 amide bonds. The van der Waals surface area contributed by atoms with Crippen molar-refractivity contribution in [2.75, 3.05) is 18.0 Å². The Kier molecular flexibility index (Phi) is 6.15. The van der Waals surface area contributed by atoms with E-state index in [-0.39, 0.29) is 9.92 Å². The first-order chi connectivity index (χ1) is 15.1. The van der Waals surface area contributed by atoms with Gasteiger partial charge in [0, 0.05) is 36.2 Å². The molecular weight excluding hydrogens is 484 g/mol. The summed E-state index contributed by atoms with van der Waals surface area (Å²) in [4.78, 5) is 16.6. The molecule has 1 aliphatic rings. The number of sulfone groups is 1. The first-order valence-electron chi connectivity index (χ1n) is 9.50. The molecule has 0 atom stereocenters. The van der Waals surface area contributed by atoms with E-state index in [1.807, 2.05) is 4.90 Å². The topological polar surface area (TPSA) is 93.4 Å².